The van der Waals surface area contributed by atoms with Crippen molar-refractivity contribution in [2.24, 2.45) is 5.16 Å². The van der Waals surface area contributed by atoms with Crippen LogP contribution in [0.1, 0.15) is 19.4 Å². The van der Waals surface area contributed by atoms with E-state index in [1.54, 1.807) is 25.3 Å². The van der Waals surface area contributed by atoms with Gasteiger partial charge in [0.1, 0.15) is 6.61 Å². The van der Waals surface area contributed by atoms with Crippen molar-refractivity contribution in [3.63, 3.8) is 0 Å². The van der Waals surface area contributed by atoms with Gasteiger partial charge in [-0.05, 0) is 25.1 Å². The third-order valence-corrected chi connectivity index (χ3v) is 2.63. The first-order valence-corrected chi connectivity index (χ1v) is 7.34. The lowest BCUT2D eigenvalue weighted by molar-refractivity contribution is -0.140. The molecule has 0 aliphatic carbocycles. The summed E-state index contributed by atoms with van der Waals surface area (Å²) in [6, 6.07) is 5.27. The van der Waals surface area contributed by atoms with Crippen LogP contribution in [-0.4, -0.2) is 52.3 Å². The van der Waals surface area contributed by atoms with E-state index < -0.39 is 5.97 Å². The van der Waals surface area contributed by atoms with Crippen molar-refractivity contribution >= 4 is 12.2 Å². The van der Waals surface area contributed by atoms with Gasteiger partial charge in [-0.25, -0.2) is 4.79 Å². The summed E-state index contributed by atoms with van der Waals surface area (Å²) in [5.41, 5.74) is 0.725. The van der Waals surface area contributed by atoms with Crippen LogP contribution in [0.4, 0.5) is 0 Å². The molecule has 7 nitrogen and oxygen atoms in total. The van der Waals surface area contributed by atoms with Crippen LogP contribution in [0.3, 0.4) is 0 Å². The molecular weight excluding hydrogens is 302 g/mol. The van der Waals surface area contributed by atoms with Crippen molar-refractivity contribution in [1.82, 2.24) is 0 Å². The van der Waals surface area contributed by atoms with E-state index in [-0.39, 0.29) is 0 Å². The maximum absolute atomic E-state index is 10.6. The Bertz CT molecular complexity index is 503. The van der Waals surface area contributed by atoms with Crippen LogP contribution >= 0.6 is 0 Å². The van der Waals surface area contributed by atoms with Crippen LogP contribution in [0.5, 0.6) is 11.5 Å². The second-order valence-electron chi connectivity index (χ2n) is 4.39. The fraction of sp³-hybridized carbons (Fsp3) is 0.500. The van der Waals surface area contributed by atoms with Crippen LogP contribution in [0.2, 0.25) is 0 Å². The topological polar surface area (TPSA) is 75.6 Å². The number of hydrogen-bond donors (Lipinski definition) is 0. The van der Waals surface area contributed by atoms with Crippen LogP contribution in [0.25, 0.3) is 0 Å². The maximum atomic E-state index is 10.6. The van der Waals surface area contributed by atoms with E-state index >= 15 is 0 Å². The van der Waals surface area contributed by atoms with Crippen LogP contribution < -0.4 is 9.47 Å². The van der Waals surface area contributed by atoms with Crippen molar-refractivity contribution in [1.29, 1.82) is 0 Å². The average molecular weight is 325 g/mol. The normalized spacial score (nSPS) is 10.7. The minimum atomic E-state index is -0.475. The molecule has 7 heteroatoms. The van der Waals surface area contributed by atoms with Gasteiger partial charge < -0.3 is 23.8 Å². The summed E-state index contributed by atoms with van der Waals surface area (Å²) in [4.78, 5) is 15.1. The van der Waals surface area contributed by atoms with E-state index in [2.05, 4.69) is 9.99 Å². The molecule has 0 saturated heterocycles. The molecule has 0 aliphatic rings. The van der Waals surface area contributed by atoms with Gasteiger partial charge in [0.25, 0.3) is 0 Å². The molecule has 0 bridgehead atoms. The van der Waals surface area contributed by atoms with Gasteiger partial charge in [0.15, 0.2) is 11.5 Å². The molecule has 0 atom stereocenters. The van der Waals surface area contributed by atoms with E-state index in [0.717, 1.165) is 5.56 Å². The van der Waals surface area contributed by atoms with Gasteiger partial charge in [-0.15, -0.1) is 0 Å². The van der Waals surface area contributed by atoms with Crippen molar-refractivity contribution in [2.75, 3.05) is 40.1 Å². The zero-order valence-electron chi connectivity index (χ0n) is 13.7. The summed E-state index contributed by atoms with van der Waals surface area (Å²) < 4.78 is 21.4. The monoisotopic (exact) mass is 325 g/mol. The number of ether oxygens (including phenoxy) is 4. The first kappa shape index (κ1) is 18.9. The van der Waals surface area contributed by atoms with Gasteiger partial charge in [0, 0.05) is 19.1 Å². The molecular formula is C16H23NO6. The maximum Gasteiger partial charge on any atom is 0.331 e. The minimum absolute atomic E-state index is 0.406. The number of oxime groups is 1. The molecule has 1 aromatic rings. The van der Waals surface area contributed by atoms with E-state index in [1.165, 1.54) is 13.1 Å². The Morgan fingerprint density at radius 1 is 1.13 bits per heavy atom. The molecule has 0 fully saturated rings. The number of benzene rings is 1. The summed E-state index contributed by atoms with van der Waals surface area (Å²) in [7, 11) is 1.55. The first-order chi connectivity index (χ1) is 11.2. The highest BCUT2D eigenvalue weighted by atomic mass is 16.7. The molecule has 0 heterocycles. The first-order valence-electron chi connectivity index (χ1n) is 7.34. The molecule has 0 spiro atoms. The molecule has 1 aromatic carbocycles. The predicted octanol–water partition coefficient (Wildman–Crippen LogP) is 2.02. The molecule has 1 rings (SSSR count). The Kier molecular flexibility index (Phi) is 9.42. The molecule has 0 saturated carbocycles. The Hall–Kier alpha value is -2.12. The summed E-state index contributed by atoms with van der Waals surface area (Å²) in [5, 5.41) is 3.55. The molecule has 0 unspecified atom stereocenters. The fourth-order valence-electron chi connectivity index (χ4n) is 1.62. The van der Waals surface area contributed by atoms with Gasteiger partial charge in [-0.2, -0.15) is 0 Å². The second-order valence-corrected chi connectivity index (χ2v) is 4.39. The molecule has 0 amide bonds. The Balaban J connectivity index is 2.43. The Morgan fingerprint density at radius 3 is 2.57 bits per heavy atom. The van der Waals surface area contributed by atoms with Gasteiger partial charge >= 0.3 is 5.97 Å². The second kappa shape index (κ2) is 11.4. The largest absolute Gasteiger partial charge is 0.493 e. The van der Waals surface area contributed by atoms with Crippen molar-refractivity contribution in [3.05, 3.63) is 23.8 Å². The smallest absolute Gasteiger partial charge is 0.331 e. The number of nitrogens with zero attached hydrogens (tertiary/aromatic N) is 1. The summed E-state index contributed by atoms with van der Waals surface area (Å²) in [5.74, 6) is 0.689. The molecule has 0 aromatic heterocycles. The van der Waals surface area contributed by atoms with Gasteiger partial charge in [0.05, 0.1) is 33.1 Å². The number of rotatable bonds is 11. The van der Waals surface area contributed by atoms with E-state index in [0.29, 0.717) is 44.5 Å². The minimum Gasteiger partial charge on any atom is -0.493 e. The highest BCUT2D eigenvalue weighted by Gasteiger charge is 2.05. The number of carbonyl (C=O) groups excluding carboxylic acids is 1. The molecule has 0 N–H and O–H groups in total. The van der Waals surface area contributed by atoms with E-state index in [9.17, 15) is 4.79 Å². The Morgan fingerprint density at radius 2 is 1.87 bits per heavy atom. The standard InChI is InChI=1S/C16H23NO6/c1-4-20-7-8-21-9-10-22-15-6-5-14(11-16(15)19-3)12-17-23-13(2)18/h5-6,11-12H,4,7-10H2,1-3H3. The lowest BCUT2D eigenvalue weighted by Crippen LogP contribution is -2.11. The predicted molar refractivity (Wildman–Crippen MR) is 85.2 cm³/mol. The molecule has 23 heavy (non-hydrogen) atoms. The van der Waals surface area contributed by atoms with Crippen LogP contribution in [-0.2, 0) is 19.1 Å². The summed E-state index contributed by atoms with van der Waals surface area (Å²) in [6.07, 6.45) is 1.42. The lowest BCUT2D eigenvalue weighted by Gasteiger charge is -2.11. The van der Waals surface area contributed by atoms with Crippen LogP contribution in [0, 0.1) is 0 Å². The van der Waals surface area contributed by atoms with E-state index in [4.69, 9.17) is 18.9 Å². The van der Waals surface area contributed by atoms with Gasteiger partial charge in [-0.1, -0.05) is 5.16 Å². The third kappa shape index (κ3) is 8.18. The van der Waals surface area contributed by atoms with Crippen LogP contribution in [0.15, 0.2) is 23.4 Å². The van der Waals surface area contributed by atoms with Gasteiger partial charge in [0.2, 0.25) is 0 Å². The zero-order valence-corrected chi connectivity index (χ0v) is 13.7. The third-order valence-electron chi connectivity index (χ3n) is 2.63. The Labute approximate surface area is 136 Å². The highest BCUT2D eigenvalue weighted by molar-refractivity contribution is 5.81. The van der Waals surface area contributed by atoms with Gasteiger partial charge in [-0.3, -0.25) is 0 Å². The lowest BCUT2D eigenvalue weighted by atomic mass is 10.2. The quantitative estimate of drug-likeness (QED) is 0.268. The fourth-order valence-corrected chi connectivity index (χ4v) is 1.62. The SMILES string of the molecule is CCOCCOCCOc1ccc(C=NOC(C)=O)cc1OC. The summed E-state index contributed by atoms with van der Waals surface area (Å²) in [6.45, 7) is 5.90. The molecule has 128 valence electrons. The summed E-state index contributed by atoms with van der Waals surface area (Å²) >= 11 is 0. The number of methoxy groups -OCH3 is 1. The zero-order chi connectivity index (χ0) is 16.9. The van der Waals surface area contributed by atoms with Crippen molar-refractivity contribution < 1.29 is 28.6 Å². The molecule has 0 radical (unpaired) electrons. The number of carbonyl (C=O) groups is 1. The van der Waals surface area contributed by atoms with Crippen molar-refractivity contribution in [3.8, 4) is 11.5 Å². The van der Waals surface area contributed by atoms with Crippen molar-refractivity contribution in [2.45, 2.75) is 13.8 Å². The van der Waals surface area contributed by atoms with E-state index in [1.807, 2.05) is 6.92 Å². The highest BCUT2D eigenvalue weighted by Crippen LogP contribution is 2.27. The average Bonchev–Trinajstić information content (AvgIpc) is 2.54. The number of hydrogen-bond acceptors (Lipinski definition) is 7. The molecule has 0 aliphatic heterocycles.